The molecule has 9 heteroatoms. The van der Waals surface area contributed by atoms with Crippen molar-refractivity contribution in [1.29, 1.82) is 0 Å². The number of aromatic nitrogens is 2. The number of unbranched alkanes of at least 4 members (excludes halogenated alkanes) is 2. The first kappa shape index (κ1) is 45.8. The van der Waals surface area contributed by atoms with Crippen LogP contribution >= 0.6 is 11.6 Å². The molecule has 0 saturated heterocycles. The van der Waals surface area contributed by atoms with Gasteiger partial charge in [-0.1, -0.05) is 97.7 Å². The summed E-state index contributed by atoms with van der Waals surface area (Å²) in [5, 5.41) is 0.734. The lowest BCUT2D eigenvalue weighted by Gasteiger charge is -2.19. The largest absolute Gasteiger partial charge is 0.493 e. The maximum atomic E-state index is 6.67. The lowest BCUT2D eigenvalue weighted by atomic mass is 9.87. The van der Waals surface area contributed by atoms with Crippen LogP contribution in [0.5, 0.6) is 28.7 Å². The monoisotopic (exact) mass is 825 g/mol. The van der Waals surface area contributed by atoms with E-state index in [0.717, 1.165) is 141 Å². The Morgan fingerprint density at radius 2 is 1.25 bits per heavy atom. The van der Waals surface area contributed by atoms with Crippen LogP contribution in [0.25, 0.3) is 22.4 Å². The van der Waals surface area contributed by atoms with Gasteiger partial charge in [0, 0.05) is 42.7 Å². The lowest BCUT2D eigenvalue weighted by molar-refractivity contribution is 0.248. The molecule has 0 atom stereocenters. The Hall–Kier alpha value is -4.24. The molecule has 0 N–H and O–H groups in total. The summed E-state index contributed by atoms with van der Waals surface area (Å²) >= 11 is 6.12. The molecule has 59 heavy (non-hydrogen) atoms. The lowest BCUT2D eigenvalue weighted by Crippen LogP contribution is -2.25. The van der Waals surface area contributed by atoms with Crippen LogP contribution < -0.4 is 18.9 Å². The zero-order chi connectivity index (χ0) is 42.2. The Labute approximate surface area is 359 Å². The van der Waals surface area contributed by atoms with Gasteiger partial charge in [-0.2, -0.15) is 0 Å². The van der Waals surface area contributed by atoms with Crippen LogP contribution in [0, 0.1) is 0 Å². The zero-order valence-corrected chi connectivity index (χ0v) is 37.9. The van der Waals surface area contributed by atoms with Gasteiger partial charge in [-0.05, 0) is 111 Å². The average molecular weight is 826 g/mol. The van der Waals surface area contributed by atoms with Crippen molar-refractivity contribution in [1.82, 2.24) is 19.4 Å². The standard InChI is InChI=1S/C50H69ClN4O4/c1-9-14-31-55-45-35-43(59-41-24-20-39(21-25-41)50(6,7)8)37-47(58-32-16-15-29-53(10-2)11-3)48(45)52-49(55)44-27-26-42(56-34-28-38-18-22-40(51)23-19-38)36-46(44)57-33-17-30-54(12-4)13-5/h18-27,35-37H,9-17,28-34H2,1-8H3. The van der Waals surface area contributed by atoms with Crippen molar-refractivity contribution in [2.75, 3.05) is 59.1 Å². The number of hydrogen-bond acceptors (Lipinski definition) is 7. The molecule has 0 spiro atoms. The topological polar surface area (TPSA) is 61.2 Å². The number of imidazole rings is 1. The van der Waals surface area contributed by atoms with Gasteiger partial charge in [-0.15, -0.1) is 0 Å². The first-order chi connectivity index (χ1) is 28.6. The van der Waals surface area contributed by atoms with Crippen LogP contribution in [0.4, 0.5) is 0 Å². The molecule has 0 saturated carbocycles. The van der Waals surface area contributed by atoms with E-state index in [1.807, 2.05) is 42.5 Å². The number of aryl methyl sites for hydroxylation is 1. The van der Waals surface area contributed by atoms with Crippen LogP contribution in [-0.2, 0) is 18.4 Å². The second-order valence-electron chi connectivity index (χ2n) is 16.3. The fourth-order valence-electron chi connectivity index (χ4n) is 7.25. The molecular formula is C50H69ClN4O4. The van der Waals surface area contributed by atoms with Gasteiger partial charge in [-0.25, -0.2) is 4.98 Å². The average Bonchev–Trinajstić information content (AvgIpc) is 3.60. The van der Waals surface area contributed by atoms with E-state index in [1.165, 1.54) is 11.1 Å². The van der Waals surface area contributed by atoms with E-state index in [9.17, 15) is 0 Å². The molecule has 8 nitrogen and oxygen atoms in total. The predicted octanol–water partition coefficient (Wildman–Crippen LogP) is 12.5. The van der Waals surface area contributed by atoms with Crippen molar-refractivity contribution in [3.05, 3.63) is 95.0 Å². The van der Waals surface area contributed by atoms with E-state index < -0.39 is 0 Å². The SMILES string of the molecule is CCCCn1c(-c2ccc(OCCc3ccc(Cl)cc3)cc2OCCCN(CC)CC)nc2c(OCCCCN(CC)CC)cc(Oc3ccc(C(C)(C)C)cc3)cc21. The number of ether oxygens (including phenoxy) is 4. The maximum Gasteiger partial charge on any atom is 0.150 e. The molecule has 0 aliphatic carbocycles. The molecule has 0 radical (unpaired) electrons. The Morgan fingerprint density at radius 3 is 1.92 bits per heavy atom. The minimum atomic E-state index is 0.0571. The number of nitrogens with zero attached hydrogens (tertiary/aromatic N) is 4. The van der Waals surface area contributed by atoms with Crippen molar-refractivity contribution in [2.24, 2.45) is 0 Å². The molecular weight excluding hydrogens is 756 g/mol. The molecule has 1 aromatic heterocycles. The van der Waals surface area contributed by atoms with Gasteiger partial charge in [0.05, 0.1) is 30.9 Å². The quantitative estimate of drug-likeness (QED) is 0.0543. The highest BCUT2D eigenvalue weighted by Crippen LogP contribution is 2.40. The Morgan fingerprint density at radius 1 is 0.627 bits per heavy atom. The first-order valence-electron chi connectivity index (χ1n) is 22.1. The smallest absolute Gasteiger partial charge is 0.150 e. The third-order valence-electron chi connectivity index (χ3n) is 11.0. The summed E-state index contributed by atoms with van der Waals surface area (Å²) in [6, 6.07) is 26.6. The van der Waals surface area contributed by atoms with Gasteiger partial charge < -0.3 is 33.3 Å². The molecule has 5 rings (SSSR count). The van der Waals surface area contributed by atoms with Crippen molar-refractivity contribution < 1.29 is 18.9 Å². The Balaban J connectivity index is 1.52. The molecule has 320 valence electrons. The van der Waals surface area contributed by atoms with E-state index in [1.54, 1.807) is 0 Å². The van der Waals surface area contributed by atoms with E-state index in [0.29, 0.717) is 19.8 Å². The van der Waals surface area contributed by atoms with Crippen LogP contribution in [0.1, 0.15) is 98.6 Å². The third-order valence-corrected chi connectivity index (χ3v) is 11.3. The van der Waals surface area contributed by atoms with E-state index in [-0.39, 0.29) is 5.41 Å². The van der Waals surface area contributed by atoms with Crippen LogP contribution in [0.15, 0.2) is 78.9 Å². The van der Waals surface area contributed by atoms with Gasteiger partial charge in [0.1, 0.15) is 34.3 Å². The van der Waals surface area contributed by atoms with Crippen molar-refractivity contribution >= 4 is 22.6 Å². The summed E-state index contributed by atoms with van der Waals surface area (Å²) in [6.45, 7) is 26.5. The second-order valence-corrected chi connectivity index (χ2v) is 16.7. The number of halogens is 1. The number of benzene rings is 4. The summed E-state index contributed by atoms with van der Waals surface area (Å²) in [7, 11) is 0. The molecule has 0 amide bonds. The molecule has 0 aliphatic heterocycles. The summed E-state index contributed by atoms with van der Waals surface area (Å²) < 4.78 is 28.6. The van der Waals surface area contributed by atoms with Crippen molar-refractivity contribution in [3.8, 4) is 40.1 Å². The normalized spacial score (nSPS) is 11.8. The molecule has 0 bridgehead atoms. The third kappa shape index (κ3) is 13.4. The van der Waals surface area contributed by atoms with Gasteiger partial charge in [0.2, 0.25) is 0 Å². The highest BCUT2D eigenvalue weighted by atomic mass is 35.5. The van der Waals surface area contributed by atoms with Crippen molar-refractivity contribution in [2.45, 2.75) is 106 Å². The van der Waals surface area contributed by atoms with Crippen molar-refractivity contribution in [3.63, 3.8) is 0 Å². The number of fused-ring (bicyclic) bond motifs is 1. The van der Waals surface area contributed by atoms with Crippen LogP contribution in [0.2, 0.25) is 5.02 Å². The summed E-state index contributed by atoms with van der Waals surface area (Å²) in [4.78, 5) is 10.3. The highest BCUT2D eigenvalue weighted by molar-refractivity contribution is 6.30. The molecule has 0 unspecified atom stereocenters. The molecule has 4 aromatic carbocycles. The van der Waals surface area contributed by atoms with E-state index in [2.05, 4.69) is 106 Å². The number of rotatable bonds is 25. The highest BCUT2D eigenvalue weighted by Gasteiger charge is 2.22. The number of hydrogen-bond donors (Lipinski definition) is 0. The maximum absolute atomic E-state index is 6.67. The Kier molecular flexibility index (Phi) is 17.8. The van der Waals surface area contributed by atoms with Gasteiger partial charge >= 0.3 is 0 Å². The summed E-state index contributed by atoms with van der Waals surface area (Å²) in [5.74, 6) is 4.61. The van der Waals surface area contributed by atoms with Gasteiger partial charge in [0.15, 0.2) is 5.75 Å². The molecule has 5 aromatic rings. The molecule has 1 heterocycles. The first-order valence-corrected chi connectivity index (χ1v) is 22.5. The van der Waals surface area contributed by atoms with Crippen LogP contribution in [0.3, 0.4) is 0 Å². The minimum absolute atomic E-state index is 0.0571. The fourth-order valence-corrected chi connectivity index (χ4v) is 7.37. The van der Waals surface area contributed by atoms with Gasteiger partial charge in [0.25, 0.3) is 0 Å². The second kappa shape index (κ2) is 22.9. The summed E-state index contributed by atoms with van der Waals surface area (Å²) in [5.41, 5.74) is 5.23. The minimum Gasteiger partial charge on any atom is -0.493 e. The zero-order valence-electron chi connectivity index (χ0n) is 37.1. The van der Waals surface area contributed by atoms with E-state index in [4.69, 9.17) is 35.5 Å². The fraction of sp³-hybridized carbons (Fsp3) is 0.500. The molecule has 0 aliphatic rings. The Bertz CT molecular complexity index is 2000. The van der Waals surface area contributed by atoms with E-state index >= 15 is 0 Å². The predicted molar refractivity (Wildman–Crippen MR) is 246 cm³/mol. The molecule has 0 fully saturated rings. The van der Waals surface area contributed by atoms with Crippen LogP contribution in [-0.4, -0.2) is 78.4 Å². The summed E-state index contributed by atoms with van der Waals surface area (Å²) in [6.07, 6.45) is 5.74. The van der Waals surface area contributed by atoms with Gasteiger partial charge in [-0.3, -0.25) is 0 Å².